The van der Waals surface area contributed by atoms with Crippen LogP contribution in [0, 0.1) is 5.92 Å². The summed E-state index contributed by atoms with van der Waals surface area (Å²) < 4.78 is 0. The predicted molar refractivity (Wildman–Crippen MR) is 61.4 cm³/mol. The predicted octanol–water partition coefficient (Wildman–Crippen LogP) is 1.61. The van der Waals surface area contributed by atoms with Gasteiger partial charge in [0.25, 0.3) is 0 Å². The molecule has 0 bridgehead atoms. The Labute approximate surface area is 91.1 Å². The molecule has 1 aliphatic carbocycles. The fourth-order valence-electron chi connectivity index (χ4n) is 2.46. The molecule has 0 amide bonds. The maximum atomic E-state index is 6.18. The lowest BCUT2D eigenvalue weighted by Crippen LogP contribution is -2.55. The Hall–Kier alpha value is -0.860. The van der Waals surface area contributed by atoms with E-state index in [1.807, 2.05) is 0 Å². The van der Waals surface area contributed by atoms with Crippen molar-refractivity contribution in [3.8, 4) is 0 Å². The smallest absolute Gasteiger partial charge is 0.0234 e. The highest BCUT2D eigenvalue weighted by Crippen LogP contribution is 2.43. The normalized spacial score (nSPS) is 24.9. The highest BCUT2D eigenvalue weighted by atomic mass is 15.2. The minimum absolute atomic E-state index is 0.229. The van der Waals surface area contributed by atoms with Crippen LogP contribution in [0.4, 0.5) is 0 Å². The Morgan fingerprint density at radius 2 is 1.87 bits per heavy atom. The van der Waals surface area contributed by atoms with Crippen LogP contribution in [0.5, 0.6) is 0 Å². The monoisotopic (exact) mass is 202 g/mol. The van der Waals surface area contributed by atoms with Gasteiger partial charge in [-0.2, -0.15) is 0 Å². The summed E-state index contributed by atoms with van der Waals surface area (Å²) in [7, 11) is 0. The van der Waals surface area contributed by atoms with Gasteiger partial charge >= 0.3 is 0 Å². The van der Waals surface area contributed by atoms with Crippen molar-refractivity contribution < 1.29 is 0 Å². The number of hydrogen-bond donors (Lipinski definition) is 1. The molecule has 0 atom stereocenters. The van der Waals surface area contributed by atoms with Gasteiger partial charge < -0.3 is 5.73 Å². The van der Waals surface area contributed by atoms with Crippen molar-refractivity contribution in [3.63, 3.8) is 0 Å². The standard InChI is InChI=1S/C13H18N2/c14-13(6-7-13)12-9-15(10-12)8-11-4-2-1-3-5-11/h1-5,12H,6-10,14H2. The zero-order valence-corrected chi connectivity index (χ0v) is 9.02. The molecular formula is C13H18N2. The average Bonchev–Trinajstić information content (AvgIpc) is 2.92. The van der Waals surface area contributed by atoms with Gasteiger partial charge in [0.05, 0.1) is 0 Å². The first-order valence-corrected chi connectivity index (χ1v) is 5.81. The van der Waals surface area contributed by atoms with Gasteiger partial charge in [-0.1, -0.05) is 30.3 Å². The summed E-state index contributed by atoms with van der Waals surface area (Å²) in [6.07, 6.45) is 2.49. The minimum atomic E-state index is 0.229. The summed E-state index contributed by atoms with van der Waals surface area (Å²) in [5, 5.41) is 0. The average molecular weight is 202 g/mol. The minimum Gasteiger partial charge on any atom is -0.325 e. The van der Waals surface area contributed by atoms with E-state index in [0.29, 0.717) is 0 Å². The van der Waals surface area contributed by atoms with E-state index < -0.39 is 0 Å². The number of rotatable bonds is 3. The third kappa shape index (κ3) is 1.80. The van der Waals surface area contributed by atoms with Crippen LogP contribution in [0.1, 0.15) is 18.4 Å². The molecule has 2 nitrogen and oxygen atoms in total. The molecule has 2 aliphatic rings. The van der Waals surface area contributed by atoms with Crippen molar-refractivity contribution in [2.45, 2.75) is 24.9 Å². The van der Waals surface area contributed by atoms with Crippen molar-refractivity contribution in [2.24, 2.45) is 11.7 Å². The summed E-state index contributed by atoms with van der Waals surface area (Å²) in [4.78, 5) is 2.49. The van der Waals surface area contributed by atoms with Crippen molar-refractivity contribution >= 4 is 0 Å². The summed E-state index contributed by atoms with van der Waals surface area (Å²) in [5.41, 5.74) is 7.82. The lowest BCUT2D eigenvalue weighted by Gasteiger charge is -2.42. The Bertz CT molecular complexity index is 337. The molecule has 1 aromatic carbocycles. The second-order valence-electron chi connectivity index (χ2n) is 5.11. The molecule has 0 unspecified atom stereocenters. The van der Waals surface area contributed by atoms with E-state index in [-0.39, 0.29) is 5.54 Å². The number of likely N-dealkylation sites (tertiary alicyclic amines) is 1. The van der Waals surface area contributed by atoms with Gasteiger partial charge in [-0.25, -0.2) is 0 Å². The highest BCUT2D eigenvalue weighted by Gasteiger charge is 2.50. The van der Waals surface area contributed by atoms with Crippen molar-refractivity contribution in [1.29, 1.82) is 0 Å². The summed E-state index contributed by atoms with van der Waals surface area (Å²) in [6, 6.07) is 10.7. The molecule has 15 heavy (non-hydrogen) atoms. The van der Waals surface area contributed by atoms with Crippen LogP contribution in [0.15, 0.2) is 30.3 Å². The fraction of sp³-hybridized carbons (Fsp3) is 0.538. The van der Waals surface area contributed by atoms with Crippen LogP contribution in [-0.4, -0.2) is 23.5 Å². The molecule has 2 N–H and O–H groups in total. The highest BCUT2D eigenvalue weighted by molar-refractivity contribution is 5.16. The van der Waals surface area contributed by atoms with E-state index in [9.17, 15) is 0 Å². The molecule has 80 valence electrons. The first kappa shape index (κ1) is 9.37. The Balaban J connectivity index is 1.52. The lowest BCUT2D eigenvalue weighted by atomic mass is 9.89. The van der Waals surface area contributed by atoms with Gasteiger partial charge in [0.2, 0.25) is 0 Å². The maximum Gasteiger partial charge on any atom is 0.0234 e. The van der Waals surface area contributed by atoms with E-state index in [1.54, 1.807) is 0 Å². The molecule has 2 heteroatoms. The van der Waals surface area contributed by atoms with E-state index in [1.165, 1.54) is 31.5 Å². The third-order valence-electron chi connectivity index (χ3n) is 3.85. The second kappa shape index (κ2) is 3.32. The molecule has 0 aromatic heterocycles. The summed E-state index contributed by atoms with van der Waals surface area (Å²) >= 11 is 0. The molecule has 2 fully saturated rings. The van der Waals surface area contributed by atoms with Gasteiger partial charge in [0.1, 0.15) is 0 Å². The van der Waals surface area contributed by atoms with Crippen molar-refractivity contribution in [3.05, 3.63) is 35.9 Å². The van der Waals surface area contributed by atoms with Gasteiger partial charge in [-0.15, -0.1) is 0 Å². The Morgan fingerprint density at radius 3 is 2.47 bits per heavy atom. The van der Waals surface area contributed by atoms with E-state index in [0.717, 1.165) is 12.5 Å². The SMILES string of the molecule is NC1(C2CN(Cc3ccccc3)C2)CC1. The molecule has 1 aromatic rings. The molecular weight excluding hydrogens is 184 g/mol. The van der Waals surface area contributed by atoms with Crippen LogP contribution in [0.3, 0.4) is 0 Å². The van der Waals surface area contributed by atoms with Crippen molar-refractivity contribution in [1.82, 2.24) is 4.90 Å². The number of nitrogens with two attached hydrogens (primary N) is 1. The van der Waals surface area contributed by atoms with E-state index in [4.69, 9.17) is 5.73 Å². The van der Waals surface area contributed by atoms with Gasteiger partial charge in [0.15, 0.2) is 0 Å². The molecule has 0 spiro atoms. The van der Waals surface area contributed by atoms with Crippen LogP contribution >= 0.6 is 0 Å². The Kier molecular flexibility index (Phi) is 2.08. The van der Waals surface area contributed by atoms with E-state index >= 15 is 0 Å². The van der Waals surface area contributed by atoms with Gasteiger partial charge in [-0.05, 0) is 18.4 Å². The van der Waals surface area contributed by atoms with Crippen molar-refractivity contribution in [2.75, 3.05) is 13.1 Å². The first-order chi connectivity index (χ1) is 7.26. The number of hydrogen-bond acceptors (Lipinski definition) is 2. The van der Waals surface area contributed by atoms with Gasteiger partial charge in [-0.3, -0.25) is 4.90 Å². The Morgan fingerprint density at radius 1 is 1.20 bits per heavy atom. The molecule has 1 saturated heterocycles. The third-order valence-corrected chi connectivity index (χ3v) is 3.85. The topological polar surface area (TPSA) is 29.3 Å². The van der Waals surface area contributed by atoms with Crippen LogP contribution in [0.25, 0.3) is 0 Å². The van der Waals surface area contributed by atoms with E-state index in [2.05, 4.69) is 35.2 Å². The fourth-order valence-corrected chi connectivity index (χ4v) is 2.46. The van der Waals surface area contributed by atoms with Crippen LogP contribution in [-0.2, 0) is 6.54 Å². The zero-order valence-electron chi connectivity index (χ0n) is 9.02. The zero-order chi connectivity index (χ0) is 10.3. The molecule has 1 heterocycles. The lowest BCUT2D eigenvalue weighted by molar-refractivity contribution is 0.0675. The molecule has 0 radical (unpaired) electrons. The summed E-state index contributed by atoms with van der Waals surface area (Å²) in [6.45, 7) is 3.49. The second-order valence-corrected chi connectivity index (χ2v) is 5.11. The van der Waals surface area contributed by atoms with Crippen LogP contribution in [0.2, 0.25) is 0 Å². The molecule has 1 saturated carbocycles. The maximum absolute atomic E-state index is 6.18. The summed E-state index contributed by atoms with van der Waals surface area (Å²) in [5.74, 6) is 0.765. The van der Waals surface area contributed by atoms with Crippen LogP contribution < -0.4 is 5.73 Å². The number of benzene rings is 1. The molecule has 1 aliphatic heterocycles. The quantitative estimate of drug-likeness (QED) is 0.807. The van der Waals surface area contributed by atoms with Gasteiger partial charge in [0, 0.05) is 31.1 Å². The molecule has 3 rings (SSSR count). The number of nitrogens with zero attached hydrogens (tertiary/aromatic N) is 1. The largest absolute Gasteiger partial charge is 0.325 e. The first-order valence-electron chi connectivity index (χ1n) is 5.81.